The lowest BCUT2D eigenvalue weighted by Gasteiger charge is -2.11. The van der Waals surface area contributed by atoms with E-state index >= 15 is 0 Å². The van der Waals surface area contributed by atoms with Crippen LogP contribution in [0.2, 0.25) is 0 Å². The maximum Gasteiger partial charge on any atom is 0.341 e. The number of carbonyl (C=O) groups is 2. The van der Waals surface area contributed by atoms with E-state index in [2.05, 4.69) is 5.32 Å². The van der Waals surface area contributed by atoms with Crippen molar-refractivity contribution in [1.29, 1.82) is 0 Å². The highest BCUT2D eigenvalue weighted by Crippen LogP contribution is 2.38. The molecule has 0 unspecified atom stereocenters. The summed E-state index contributed by atoms with van der Waals surface area (Å²) >= 11 is 1.58. The molecule has 1 aromatic rings. The Balaban J connectivity index is 1.73. The summed E-state index contributed by atoms with van der Waals surface area (Å²) in [6.45, 7) is 0. The third kappa shape index (κ3) is 4.63. The van der Waals surface area contributed by atoms with E-state index in [-0.39, 0.29) is 11.9 Å². The number of carbonyl (C=O) groups excluding carboxylic acids is 2. The molecule has 0 radical (unpaired) electrons. The monoisotopic (exact) mass is 363 g/mol. The predicted octanol–water partition coefficient (Wildman–Crippen LogP) is 5.10. The Hall–Kier alpha value is -1.36. The van der Waals surface area contributed by atoms with Crippen molar-refractivity contribution in [2.45, 2.75) is 77.0 Å². The minimum atomic E-state index is -0.316. The van der Waals surface area contributed by atoms with Crippen molar-refractivity contribution < 1.29 is 14.3 Å². The number of anilines is 1. The van der Waals surface area contributed by atoms with Crippen molar-refractivity contribution in [1.82, 2.24) is 0 Å². The quantitative estimate of drug-likeness (QED) is 0.740. The van der Waals surface area contributed by atoms with Crippen LogP contribution in [0.5, 0.6) is 0 Å². The molecule has 2 aliphatic rings. The molecule has 25 heavy (non-hydrogen) atoms. The smallest absolute Gasteiger partial charge is 0.341 e. The second-order valence-corrected chi connectivity index (χ2v) is 8.46. The summed E-state index contributed by atoms with van der Waals surface area (Å²) in [5.74, 6) is 0.421. The number of aryl methyl sites for hydroxylation is 1. The molecule has 1 N–H and O–H groups in total. The van der Waals surface area contributed by atoms with Crippen LogP contribution in [0, 0.1) is 5.92 Å². The van der Waals surface area contributed by atoms with Gasteiger partial charge < -0.3 is 10.1 Å². The van der Waals surface area contributed by atoms with E-state index < -0.39 is 0 Å². The van der Waals surface area contributed by atoms with E-state index in [1.807, 2.05) is 0 Å². The largest absolute Gasteiger partial charge is 0.465 e. The van der Waals surface area contributed by atoms with Gasteiger partial charge in [-0.2, -0.15) is 0 Å². The third-order valence-electron chi connectivity index (χ3n) is 5.57. The molecule has 3 rings (SSSR count). The summed E-state index contributed by atoms with van der Waals surface area (Å²) < 4.78 is 5.01. The van der Waals surface area contributed by atoms with E-state index in [4.69, 9.17) is 4.74 Å². The van der Waals surface area contributed by atoms with Gasteiger partial charge in [-0.3, -0.25) is 4.79 Å². The molecule has 4 nitrogen and oxygen atoms in total. The molecular formula is C20H29NO3S. The van der Waals surface area contributed by atoms with Gasteiger partial charge >= 0.3 is 5.97 Å². The van der Waals surface area contributed by atoms with Gasteiger partial charge in [0.1, 0.15) is 5.00 Å². The first-order chi connectivity index (χ1) is 12.2. The Morgan fingerprint density at radius 3 is 2.52 bits per heavy atom. The summed E-state index contributed by atoms with van der Waals surface area (Å²) in [5, 5.41) is 3.73. The van der Waals surface area contributed by atoms with Gasteiger partial charge in [0.25, 0.3) is 0 Å². The van der Waals surface area contributed by atoms with Gasteiger partial charge in [-0.05, 0) is 43.6 Å². The van der Waals surface area contributed by atoms with Crippen molar-refractivity contribution in [3.05, 3.63) is 16.0 Å². The first kappa shape index (κ1) is 18.4. The number of thiophene rings is 1. The Morgan fingerprint density at radius 2 is 1.80 bits per heavy atom. The van der Waals surface area contributed by atoms with Crippen LogP contribution in [0.3, 0.4) is 0 Å². The topological polar surface area (TPSA) is 55.4 Å². The predicted molar refractivity (Wildman–Crippen MR) is 101 cm³/mol. The lowest BCUT2D eigenvalue weighted by molar-refractivity contribution is -0.116. The summed E-state index contributed by atoms with van der Waals surface area (Å²) in [6, 6.07) is 0. The summed E-state index contributed by atoms with van der Waals surface area (Å²) in [5.41, 5.74) is 1.72. The number of hydrogen-bond acceptors (Lipinski definition) is 4. The fourth-order valence-corrected chi connectivity index (χ4v) is 5.44. The highest BCUT2D eigenvalue weighted by Gasteiger charge is 2.26. The van der Waals surface area contributed by atoms with Crippen molar-refractivity contribution in [3.8, 4) is 0 Å². The molecule has 0 atom stereocenters. The third-order valence-corrected chi connectivity index (χ3v) is 6.78. The average molecular weight is 364 g/mol. The molecule has 1 fully saturated rings. The Kier molecular flexibility index (Phi) is 6.51. The normalized spacial score (nSPS) is 18.3. The SMILES string of the molecule is COC(=O)c1c(NC(=O)CCC2CCCC2)sc2c1CCCCCC2. The minimum absolute atomic E-state index is 0.0336. The molecule has 1 aromatic heterocycles. The zero-order chi connectivity index (χ0) is 17.6. The second-order valence-electron chi connectivity index (χ2n) is 7.35. The van der Waals surface area contributed by atoms with Crippen molar-refractivity contribution in [3.63, 3.8) is 0 Å². The lowest BCUT2D eigenvalue weighted by Crippen LogP contribution is -2.15. The summed E-state index contributed by atoms with van der Waals surface area (Å²) in [7, 11) is 1.42. The van der Waals surface area contributed by atoms with Gasteiger partial charge in [0, 0.05) is 11.3 Å². The maximum atomic E-state index is 12.4. The van der Waals surface area contributed by atoms with Crippen LogP contribution in [-0.2, 0) is 22.4 Å². The number of ether oxygens (including phenoxy) is 1. The van der Waals surface area contributed by atoms with Gasteiger partial charge in [0.2, 0.25) is 5.91 Å². The Labute approximate surface area is 154 Å². The summed E-state index contributed by atoms with van der Waals surface area (Å²) in [6.07, 6.45) is 13.3. The van der Waals surface area contributed by atoms with Gasteiger partial charge in [-0.25, -0.2) is 4.79 Å². The maximum absolute atomic E-state index is 12.4. The van der Waals surface area contributed by atoms with Crippen LogP contribution in [0.4, 0.5) is 5.00 Å². The van der Waals surface area contributed by atoms with E-state index in [0.717, 1.165) is 37.7 Å². The number of hydrogen-bond donors (Lipinski definition) is 1. The molecule has 0 aromatic carbocycles. The number of fused-ring (bicyclic) bond motifs is 1. The highest BCUT2D eigenvalue weighted by atomic mass is 32.1. The fourth-order valence-electron chi connectivity index (χ4n) is 4.15. The van der Waals surface area contributed by atoms with Gasteiger partial charge in [-0.1, -0.05) is 38.5 Å². The van der Waals surface area contributed by atoms with Gasteiger partial charge in [-0.15, -0.1) is 11.3 Å². The van der Waals surface area contributed by atoms with E-state index in [9.17, 15) is 9.59 Å². The molecule has 0 saturated heterocycles. The van der Waals surface area contributed by atoms with Gasteiger partial charge in [0.15, 0.2) is 0 Å². The molecule has 5 heteroatoms. The van der Waals surface area contributed by atoms with Crippen LogP contribution in [0.15, 0.2) is 0 Å². The first-order valence-electron chi connectivity index (χ1n) is 9.71. The summed E-state index contributed by atoms with van der Waals surface area (Å²) in [4.78, 5) is 26.0. The van der Waals surface area contributed by atoms with Crippen molar-refractivity contribution in [2.24, 2.45) is 5.92 Å². The molecule has 0 aliphatic heterocycles. The van der Waals surface area contributed by atoms with E-state index in [1.54, 1.807) is 11.3 Å². The molecule has 2 aliphatic carbocycles. The number of nitrogens with one attached hydrogen (secondary N) is 1. The average Bonchev–Trinajstić information content (AvgIpc) is 3.21. The molecule has 1 heterocycles. The lowest BCUT2D eigenvalue weighted by atomic mass is 9.96. The van der Waals surface area contributed by atoms with Crippen molar-refractivity contribution >= 4 is 28.2 Å². The van der Waals surface area contributed by atoms with Crippen LogP contribution < -0.4 is 5.32 Å². The zero-order valence-corrected chi connectivity index (χ0v) is 16.0. The van der Waals surface area contributed by atoms with E-state index in [1.165, 1.54) is 50.5 Å². The van der Waals surface area contributed by atoms with Gasteiger partial charge in [0.05, 0.1) is 12.7 Å². The number of rotatable bonds is 5. The van der Waals surface area contributed by atoms with Crippen molar-refractivity contribution in [2.75, 3.05) is 12.4 Å². The molecule has 1 saturated carbocycles. The highest BCUT2D eigenvalue weighted by molar-refractivity contribution is 7.17. The number of methoxy groups -OCH3 is 1. The minimum Gasteiger partial charge on any atom is -0.465 e. The Bertz CT molecular complexity index is 617. The van der Waals surface area contributed by atoms with Crippen LogP contribution in [0.25, 0.3) is 0 Å². The first-order valence-corrected chi connectivity index (χ1v) is 10.5. The fraction of sp³-hybridized carbons (Fsp3) is 0.700. The second kappa shape index (κ2) is 8.84. The molecule has 138 valence electrons. The zero-order valence-electron chi connectivity index (χ0n) is 15.2. The van der Waals surface area contributed by atoms with E-state index in [0.29, 0.717) is 22.9 Å². The molecule has 0 spiro atoms. The Morgan fingerprint density at radius 1 is 1.08 bits per heavy atom. The number of amides is 1. The van der Waals surface area contributed by atoms with Crippen LogP contribution in [0.1, 0.15) is 85.0 Å². The molecular weight excluding hydrogens is 334 g/mol. The van der Waals surface area contributed by atoms with Crippen LogP contribution in [-0.4, -0.2) is 19.0 Å². The molecule has 1 amide bonds. The number of esters is 1. The molecule has 0 bridgehead atoms. The van der Waals surface area contributed by atoms with Crippen LogP contribution >= 0.6 is 11.3 Å². The standard InChI is InChI=1S/C20H29NO3S/c1-24-20(23)18-15-10-4-2-3-5-11-16(15)25-19(18)21-17(22)13-12-14-8-6-7-9-14/h14H,2-13H2,1H3,(H,21,22).